The van der Waals surface area contributed by atoms with Crippen LogP contribution >= 0.6 is 22.9 Å². The number of hydrogen-bond donors (Lipinski definition) is 0. The number of carbonyl (C=O) groups is 2. The molecule has 0 aliphatic carbocycles. The number of thiophene rings is 1. The Labute approximate surface area is 206 Å². The average Bonchev–Trinajstić information content (AvgIpc) is 3.26. The van der Waals surface area contributed by atoms with Crippen LogP contribution in [-0.2, 0) is 16.0 Å². The Morgan fingerprint density at radius 2 is 1.94 bits per heavy atom. The van der Waals surface area contributed by atoms with Gasteiger partial charge in [0.25, 0.3) is 0 Å². The molecule has 180 valence electrons. The molecule has 0 spiro atoms. The summed E-state index contributed by atoms with van der Waals surface area (Å²) in [5, 5.41) is 2.74. The molecular weight excluding hydrogens is 456 g/mol. The number of carbonyl (C=O) groups excluding carboxylic acids is 2. The molecule has 2 atom stereocenters. The van der Waals surface area contributed by atoms with Crippen LogP contribution in [-0.4, -0.2) is 47.9 Å². The van der Waals surface area contributed by atoms with Crippen molar-refractivity contribution < 1.29 is 14.3 Å². The van der Waals surface area contributed by atoms with E-state index in [-0.39, 0.29) is 30.3 Å². The lowest BCUT2D eigenvalue weighted by Gasteiger charge is -2.37. The maximum atomic E-state index is 13.5. The van der Waals surface area contributed by atoms with Gasteiger partial charge in [0.15, 0.2) is 0 Å². The van der Waals surface area contributed by atoms with Gasteiger partial charge in [-0.2, -0.15) is 0 Å². The standard InChI is InChI=1S/C26H35ClN2O3S/c1-5-19(4)15-28(25(30)14-18(2)3)16-26(31)29-12-10-24-22(11-13-33-24)23(29)17-32-21-8-6-20(27)7-9-21/h6-9,11,13,18-19,23H,5,10,12,14-17H2,1-4H3/t19-,23-/m0/s1. The average molecular weight is 491 g/mol. The number of halogens is 1. The van der Waals surface area contributed by atoms with Crippen LogP contribution in [0, 0.1) is 11.8 Å². The second-order valence-corrected chi connectivity index (χ2v) is 10.7. The monoisotopic (exact) mass is 490 g/mol. The summed E-state index contributed by atoms with van der Waals surface area (Å²) in [6.07, 6.45) is 2.27. The minimum Gasteiger partial charge on any atom is -0.491 e. The van der Waals surface area contributed by atoms with Crippen LogP contribution in [0.3, 0.4) is 0 Å². The number of ether oxygens (including phenoxy) is 1. The molecule has 2 amide bonds. The van der Waals surface area contributed by atoms with Crippen molar-refractivity contribution in [2.45, 2.75) is 53.0 Å². The van der Waals surface area contributed by atoms with Crippen molar-refractivity contribution in [3.8, 4) is 5.75 Å². The summed E-state index contributed by atoms with van der Waals surface area (Å²) < 4.78 is 6.07. The Morgan fingerprint density at radius 3 is 2.61 bits per heavy atom. The molecule has 33 heavy (non-hydrogen) atoms. The number of amides is 2. The van der Waals surface area contributed by atoms with Crippen LogP contribution < -0.4 is 4.74 Å². The van der Waals surface area contributed by atoms with Gasteiger partial charge in [0.05, 0.1) is 12.6 Å². The van der Waals surface area contributed by atoms with Gasteiger partial charge in [-0.05, 0) is 59.5 Å². The second-order valence-electron chi connectivity index (χ2n) is 9.30. The van der Waals surface area contributed by atoms with Crippen LogP contribution in [0.15, 0.2) is 35.7 Å². The summed E-state index contributed by atoms with van der Waals surface area (Å²) in [6, 6.07) is 9.19. The molecule has 0 N–H and O–H groups in total. The first-order valence-corrected chi connectivity index (χ1v) is 13.1. The lowest BCUT2D eigenvalue weighted by Crippen LogP contribution is -2.48. The van der Waals surface area contributed by atoms with E-state index in [1.165, 1.54) is 4.88 Å². The van der Waals surface area contributed by atoms with Gasteiger partial charge in [-0.15, -0.1) is 11.3 Å². The van der Waals surface area contributed by atoms with Crippen LogP contribution in [0.1, 0.15) is 57.0 Å². The van der Waals surface area contributed by atoms with Crippen molar-refractivity contribution in [1.82, 2.24) is 9.80 Å². The molecular formula is C26H35ClN2O3S. The minimum absolute atomic E-state index is 0.0167. The van der Waals surface area contributed by atoms with E-state index in [2.05, 4.69) is 25.3 Å². The van der Waals surface area contributed by atoms with E-state index in [4.69, 9.17) is 16.3 Å². The molecule has 2 heterocycles. The van der Waals surface area contributed by atoms with Gasteiger partial charge in [-0.3, -0.25) is 9.59 Å². The number of rotatable bonds is 10. The molecule has 0 fully saturated rings. The Hall–Kier alpha value is -2.05. The van der Waals surface area contributed by atoms with Crippen molar-refractivity contribution in [3.63, 3.8) is 0 Å². The van der Waals surface area contributed by atoms with Crippen LogP contribution in [0.5, 0.6) is 5.75 Å². The second kappa shape index (κ2) is 11.9. The van der Waals surface area contributed by atoms with E-state index in [9.17, 15) is 9.59 Å². The smallest absolute Gasteiger partial charge is 0.242 e. The third-order valence-electron chi connectivity index (χ3n) is 6.13. The Morgan fingerprint density at radius 1 is 1.21 bits per heavy atom. The molecule has 0 saturated carbocycles. The van der Waals surface area contributed by atoms with Crippen molar-refractivity contribution >= 4 is 34.8 Å². The van der Waals surface area contributed by atoms with Crippen molar-refractivity contribution in [2.75, 3.05) is 26.2 Å². The molecule has 0 bridgehead atoms. The normalized spacial score (nSPS) is 16.4. The van der Waals surface area contributed by atoms with E-state index < -0.39 is 0 Å². The number of fused-ring (bicyclic) bond motifs is 1. The molecule has 0 radical (unpaired) electrons. The largest absolute Gasteiger partial charge is 0.491 e. The molecule has 2 aromatic rings. The predicted molar refractivity (Wildman–Crippen MR) is 135 cm³/mol. The molecule has 1 aromatic heterocycles. The fourth-order valence-corrected chi connectivity index (χ4v) is 5.13. The minimum atomic E-state index is -0.172. The van der Waals surface area contributed by atoms with Gasteiger partial charge in [0, 0.05) is 29.4 Å². The molecule has 7 heteroatoms. The summed E-state index contributed by atoms with van der Waals surface area (Å²) in [4.78, 5) is 31.4. The van der Waals surface area contributed by atoms with Gasteiger partial charge in [-0.25, -0.2) is 0 Å². The number of nitrogens with zero attached hydrogens (tertiary/aromatic N) is 2. The highest BCUT2D eigenvalue weighted by atomic mass is 35.5. The van der Waals surface area contributed by atoms with Gasteiger partial charge < -0.3 is 14.5 Å². The molecule has 3 rings (SSSR count). The molecule has 5 nitrogen and oxygen atoms in total. The van der Waals surface area contributed by atoms with E-state index in [1.54, 1.807) is 28.4 Å². The van der Waals surface area contributed by atoms with Crippen LogP contribution in [0.25, 0.3) is 0 Å². The van der Waals surface area contributed by atoms with E-state index in [0.29, 0.717) is 37.1 Å². The first-order chi connectivity index (χ1) is 15.8. The maximum Gasteiger partial charge on any atom is 0.242 e. The SMILES string of the molecule is CC[C@H](C)CN(CC(=O)N1CCc2sccc2[C@@H]1COc1ccc(Cl)cc1)C(=O)CC(C)C. The number of benzene rings is 1. The summed E-state index contributed by atoms with van der Waals surface area (Å²) in [5.41, 5.74) is 1.15. The zero-order valence-corrected chi connectivity index (χ0v) is 21.6. The van der Waals surface area contributed by atoms with Crippen molar-refractivity contribution in [2.24, 2.45) is 11.8 Å². The first kappa shape index (κ1) is 25.6. The highest BCUT2D eigenvalue weighted by Gasteiger charge is 2.33. The molecule has 0 saturated heterocycles. The van der Waals surface area contributed by atoms with Gasteiger partial charge in [-0.1, -0.05) is 45.7 Å². The molecule has 1 aliphatic rings. The fraction of sp³-hybridized carbons (Fsp3) is 0.538. The zero-order chi connectivity index (χ0) is 24.0. The molecule has 0 unspecified atom stereocenters. The fourth-order valence-electron chi connectivity index (χ4n) is 4.07. The number of hydrogen-bond acceptors (Lipinski definition) is 4. The van der Waals surface area contributed by atoms with Gasteiger partial charge >= 0.3 is 0 Å². The third-order valence-corrected chi connectivity index (χ3v) is 7.38. The lowest BCUT2D eigenvalue weighted by atomic mass is 10.00. The van der Waals surface area contributed by atoms with Crippen molar-refractivity contribution in [3.05, 3.63) is 51.2 Å². The Bertz CT molecular complexity index is 928. The maximum absolute atomic E-state index is 13.5. The quantitative estimate of drug-likeness (QED) is 0.421. The van der Waals surface area contributed by atoms with E-state index in [1.807, 2.05) is 30.9 Å². The van der Waals surface area contributed by atoms with Crippen molar-refractivity contribution in [1.29, 1.82) is 0 Å². The Balaban J connectivity index is 1.76. The summed E-state index contributed by atoms with van der Waals surface area (Å²) in [5.74, 6) is 1.37. The highest BCUT2D eigenvalue weighted by Crippen LogP contribution is 2.34. The van der Waals surface area contributed by atoms with E-state index >= 15 is 0 Å². The lowest BCUT2D eigenvalue weighted by molar-refractivity contribution is -0.143. The summed E-state index contributed by atoms with van der Waals surface area (Å²) >= 11 is 7.72. The summed E-state index contributed by atoms with van der Waals surface area (Å²) in [6.45, 7) is 10.0. The molecule has 1 aliphatic heterocycles. The molecule has 1 aromatic carbocycles. The van der Waals surface area contributed by atoms with E-state index in [0.717, 1.165) is 24.2 Å². The Kier molecular flexibility index (Phi) is 9.21. The highest BCUT2D eigenvalue weighted by molar-refractivity contribution is 7.10. The van der Waals surface area contributed by atoms with Crippen LogP contribution in [0.2, 0.25) is 5.02 Å². The topological polar surface area (TPSA) is 49.9 Å². The zero-order valence-electron chi connectivity index (χ0n) is 20.1. The van der Waals surface area contributed by atoms with Gasteiger partial charge in [0.1, 0.15) is 12.4 Å². The third kappa shape index (κ3) is 6.97. The first-order valence-electron chi connectivity index (χ1n) is 11.8. The van der Waals surface area contributed by atoms with Crippen LogP contribution in [0.4, 0.5) is 0 Å². The summed E-state index contributed by atoms with van der Waals surface area (Å²) in [7, 11) is 0. The van der Waals surface area contributed by atoms with Gasteiger partial charge in [0.2, 0.25) is 11.8 Å². The predicted octanol–water partition coefficient (Wildman–Crippen LogP) is 5.83.